The molecule has 0 fully saturated rings. The number of halogens is 3. The number of nitrogens with one attached hydrogen (secondary N) is 1. The lowest BCUT2D eigenvalue weighted by molar-refractivity contribution is -0.118. The van der Waals surface area contributed by atoms with Crippen molar-refractivity contribution in [3.05, 3.63) is 73.5 Å². The summed E-state index contributed by atoms with van der Waals surface area (Å²) in [6.07, 6.45) is 4.01. The number of rotatable bonds is 6. The smallest absolute Gasteiger partial charge is 0.262 e. The topological polar surface area (TPSA) is 84.9 Å². The standard InChI is InChI=1S/C29H27Cl3N2O5/c1-34-20-5-3-7-22(35)27(20)26(28-21(34)6-4-8-23(28)36)15-11-19(32)29(24(12-15)38-2)39-14-25(37)33-16-9-10-17(30)18(31)13-16/h9-13,26H,3-8,14H2,1-2H3,(H,33,37). The highest BCUT2D eigenvalue weighted by Crippen LogP contribution is 2.50. The van der Waals surface area contributed by atoms with Crippen molar-refractivity contribution in [2.24, 2.45) is 0 Å². The van der Waals surface area contributed by atoms with Crippen LogP contribution < -0.4 is 14.8 Å². The van der Waals surface area contributed by atoms with Crippen LogP contribution in [0.5, 0.6) is 11.5 Å². The molecule has 10 heteroatoms. The molecule has 0 radical (unpaired) electrons. The minimum absolute atomic E-state index is 0.0485. The highest BCUT2D eigenvalue weighted by Gasteiger charge is 2.42. The van der Waals surface area contributed by atoms with Crippen LogP contribution in [-0.4, -0.2) is 43.1 Å². The van der Waals surface area contributed by atoms with E-state index in [0.29, 0.717) is 51.0 Å². The van der Waals surface area contributed by atoms with E-state index in [1.54, 1.807) is 24.3 Å². The Kier molecular flexibility index (Phi) is 7.94. The van der Waals surface area contributed by atoms with E-state index in [2.05, 4.69) is 10.2 Å². The highest BCUT2D eigenvalue weighted by molar-refractivity contribution is 6.42. The lowest BCUT2D eigenvalue weighted by Crippen LogP contribution is -2.37. The quantitative estimate of drug-likeness (QED) is 0.403. The predicted octanol–water partition coefficient (Wildman–Crippen LogP) is 6.72. The third kappa shape index (κ3) is 5.28. The van der Waals surface area contributed by atoms with E-state index in [-0.39, 0.29) is 28.9 Å². The maximum absolute atomic E-state index is 13.2. The highest BCUT2D eigenvalue weighted by atomic mass is 35.5. The van der Waals surface area contributed by atoms with Crippen molar-refractivity contribution < 1.29 is 23.9 Å². The third-order valence-electron chi connectivity index (χ3n) is 7.38. The molecule has 2 aliphatic carbocycles. The van der Waals surface area contributed by atoms with Gasteiger partial charge in [-0.1, -0.05) is 34.8 Å². The molecule has 39 heavy (non-hydrogen) atoms. The van der Waals surface area contributed by atoms with Crippen LogP contribution in [0.2, 0.25) is 15.1 Å². The van der Waals surface area contributed by atoms with Crippen LogP contribution in [0, 0.1) is 0 Å². The van der Waals surface area contributed by atoms with Crippen molar-refractivity contribution in [2.75, 3.05) is 26.1 Å². The number of anilines is 1. The number of nitrogens with zero attached hydrogens (tertiary/aromatic N) is 1. The lowest BCUT2D eigenvalue weighted by Gasteiger charge is -2.42. The number of ketones is 2. The Morgan fingerprint density at radius 3 is 2.15 bits per heavy atom. The molecule has 5 rings (SSSR count). The number of carbonyl (C=O) groups is 3. The molecule has 3 aliphatic rings. The van der Waals surface area contributed by atoms with Gasteiger partial charge >= 0.3 is 0 Å². The van der Waals surface area contributed by atoms with Crippen LogP contribution in [0.4, 0.5) is 5.69 Å². The van der Waals surface area contributed by atoms with E-state index in [1.165, 1.54) is 13.2 Å². The number of amides is 1. The molecule has 2 aromatic rings. The summed E-state index contributed by atoms with van der Waals surface area (Å²) in [6, 6.07) is 8.19. The third-order valence-corrected chi connectivity index (χ3v) is 8.40. The predicted molar refractivity (Wildman–Crippen MR) is 151 cm³/mol. The Morgan fingerprint density at radius 2 is 1.56 bits per heavy atom. The normalized spacial score (nSPS) is 17.7. The first-order chi connectivity index (χ1) is 18.7. The van der Waals surface area contributed by atoms with E-state index in [4.69, 9.17) is 44.3 Å². The summed E-state index contributed by atoms with van der Waals surface area (Å²) >= 11 is 18.6. The summed E-state index contributed by atoms with van der Waals surface area (Å²) in [6.45, 7) is -0.342. The van der Waals surface area contributed by atoms with Gasteiger partial charge in [0.05, 0.1) is 22.2 Å². The molecule has 7 nitrogen and oxygen atoms in total. The molecule has 2 aromatic carbocycles. The van der Waals surface area contributed by atoms with Gasteiger partial charge in [0.1, 0.15) is 0 Å². The number of hydrogen-bond donors (Lipinski definition) is 1. The Bertz CT molecular complexity index is 1400. The van der Waals surface area contributed by atoms with Gasteiger partial charge in [0.15, 0.2) is 29.7 Å². The van der Waals surface area contributed by atoms with Gasteiger partial charge in [-0.3, -0.25) is 14.4 Å². The van der Waals surface area contributed by atoms with Crippen molar-refractivity contribution in [1.82, 2.24) is 4.90 Å². The summed E-state index contributed by atoms with van der Waals surface area (Å²) in [5, 5.41) is 3.59. The molecule has 0 unspecified atom stereocenters. The van der Waals surface area contributed by atoms with Gasteiger partial charge in [0, 0.05) is 54.0 Å². The molecule has 204 valence electrons. The monoisotopic (exact) mass is 588 g/mol. The zero-order valence-electron chi connectivity index (χ0n) is 21.5. The second-order valence-electron chi connectivity index (χ2n) is 9.77. The van der Waals surface area contributed by atoms with E-state index in [1.807, 2.05) is 7.05 Å². The zero-order chi connectivity index (χ0) is 27.8. The molecule has 1 aliphatic heterocycles. The second-order valence-corrected chi connectivity index (χ2v) is 11.0. The summed E-state index contributed by atoms with van der Waals surface area (Å²) in [7, 11) is 3.42. The average molecular weight is 590 g/mol. The van der Waals surface area contributed by atoms with Crippen LogP contribution in [0.1, 0.15) is 50.0 Å². The van der Waals surface area contributed by atoms with E-state index in [9.17, 15) is 14.4 Å². The Morgan fingerprint density at radius 1 is 0.923 bits per heavy atom. The Labute approximate surface area is 241 Å². The number of allylic oxidation sites excluding steroid dienone is 4. The molecule has 1 amide bonds. The molecular weight excluding hydrogens is 563 g/mol. The molecule has 0 aromatic heterocycles. The van der Waals surface area contributed by atoms with Gasteiger partial charge < -0.3 is 19.7 Å². The molecule has 0 bridgehead atoms. The second kappa shape index (κ2) is 11.2. The van der Waals surface area contributed by atoms with Gasteiger partial charge in [-0.25, -0.2) is 0 Å². The first-order valence-corrected chi connectivity index (χ1v) is 13.8. The number of benzene rings is 2. The fourth-order valence-corrected chi connectivity index (χ4v) is 6.21. The zero-order valence-corrected chi connectivity index (χ0v) is 23.8. The van der Waals surface area contributed by atoms with E-state index >= 15 is 0 Å². The van der Waals surface area contributed by atoms with E-state index in [0.717, 1.165) is 37.1 Å². The molecule has 0 saturated carbocycles. The van der Waals surface area contributed by atoms with Crippen molar-refractivity contribution in [2.45, 2.75) is 44.4 Å². The van der Waals surface area contributed by atoms with Gasteiger partial charge in [0.2, 0.25) is 0 Å². The first-order valence-electron chi connectivity index (χ1n) is 12.7. The molecular formula is C29H27Cl3N2O5. The van der Waals surface area contributed by atoms with Gasteiger partial charge in [-0.15, -0.1) is 0 Å². The molecule has 0 atom stereocenters. The van der Waals surface area contributed by atoms with Gasteiger partial charge in [0.25, 0.3) is 5.91 Å². The van der Waals surface area contributed by atoms with Crippen molar-refractivity contribution in [3.8, 4) is 11.5 Å². The number of ether oxygens (including phenoxy) is 2. The molecule has 1 heterocycles. The summed E-state index contributed by atoms with van der Waals surface area (Å²) in [4.78, 5) is 41.1. The average Bonchev–Trinajstić information content (AvgIpc) is 2.91. The maximum atomic E-state index is 13.2. The van der Waals surface area contributed by atoms with Gasteiger partial charge in [-0.2, -0.15) is 0 Å². The minimum Gasteiger partial charge on any atom is -0.493 e. The largest absolute Gasteiger partial charge is 0.493 e. The SMILES string of the molecule is COc1cc(C2C3=C(CCCC3=O)N(C)C3=C2C(=O)CCC3)cc(Cl)c1OCC(=O)Nc1ccc(Cl)c(Cl)c1. The van der Waals surface area contributed by atoms with Gasteiger partial charge in [-0.05, 0) is 61.6 Å². The van der Waals surface area contributed by atoms with Crippen LogP contribution >= 0.6 is 34.8 Å². The van der Waals surface area contributed by atoms with Crippen LogP contribution in [0.3, 0.4) is 0 Å². The van der Waals surface area contributed by atoms with Crippen molar-refractivity contribution in [1.29, 1.82) is 0 Å². The first kappa shape index (κ1) is 27.6. The Hall–Kier alpha value is -3.00. The lowest BCUT2D eigenvalue weighted by atomic mass is 9.71. The molecule has 0 saturated heterocycles. The summed E-state index contributed by atoms with van der Waals surface area (Å²) in [5.41, 5.74) is 4.41. The number of methoxy groups -OCH3 is 1. The number of hydrogen-bond acceptors (Lipinski definition) is 6. The maximum Gasteiger partial charge on any atom is 0.262 e. The fraction of sp³-hybridized carbons (Fsp3) is 0.345. The fourth-order valence-electron chi connectivity index (χ4n) is 5.64. The molecule has 1 N–H and O–H groups in total. The molecule has 0 spiro atoms. The number of carbonyl (C=O) groups excluding carboxylic acids is 3. The summed E-state index contributed by atoms with van der Waals surface area (Å²) in [5.74, 6) is -0.371. The van der Waals surface area contributed by atoms with E-state index < -0.39 is 11.8 Å². The number of Topliss-reactive ketones (excluding diaryl/α,β-unsaturated/α-hetero) is 2. The minimum atomic E-state index is -0.523. The van der Waals surface area contributed by atoms with Crippen LogP contribution in [-0.2, 0) is 14.4 Å². The van der Waals surface area contributed by atoms with Crippen LogP contribution in [0.25, 0.3) is 0 Å². The van der Waals surface area contributed by atoms with Crippen molar-refractivity contribution in [3.63, 3.8) is 0 Å². The summed E-state index contributed by atoms with van der Waals surface area (Å²) < 4.78 is 11.4. The van der Waals surface area contributed by atoms with Crippen molar-refractivity contribution >= 4 is 58.0 Å². The Balaban J connectivity index is 1.46. The van der Waals surface area contributed by atoms with Crippen LogP contribution in [0.15, 0.2) is 52.9 Å².